The van der Waals surface area contributed by atoms with E-state index < -0.39 is 5.91 Å². The Kier molecular flexibility index (Phi) is 4.08. The van der Waals surface area contributed by atoms with E-state index in [2.05, 4.69) is 37.7 Å². The first-order valence-corrected chi connectivity index (χ1v) is 11.6. The van der Waals surface area contributed by atoms with Crippen molar-refractivity contribution >= 4 is 33.8 Å². The Hall–Kier alpha value is -3.74. The first kappa shape index (κ1) is 20.8. The zero-order valence-electron chi connectivity index (χ0n) is 19.8. The molecule has 1 aliphatic carbocycles. The molecule has 0 aromatic carbocycles. The van der Waals surface area contributed by atoms with Gasteiger partial charge in [0.1, 0.15) is 0 Å². The Morgan fingerprint density at radius 3 is 2.32 bits per heavy atom. The highest BCUT2D eigenvalue weighted by Crippen LogP contribution is 2.37. The van der Waals surface area contributed by atoms with Crippen LogP contribution in [0.4, 0.5) is 0 Å². The van der Waals surface area contributed by atoms with Crippen LogP contribution in [0.2, 0.25) is 0 Å². The molecule has 2 aliphatic heterocycles. The second-order valence-corrected chi connectivity index (χ2v) is 11.0. The highest BCUT2D eigenvalue weighted by Gasteiger charge is 2.34. The largest absolute Gasteiger partial charge is 0.366 e. The highest BCUT2D eigenvalue weighted by atomic mass is 16.1. The van der Waals surface area contributed by atoms with Gasteiger partial charge in [-0.3, -0.25) is 19.6 Å². The SMILES string of the molecule is CC1(C)Cc2cc3[nH]c(cc4nc(c5c6[nH]c(cc1n2)cc6C(=O)C5)CC4(C)C)cc3C(N)=O. The number of amides is 1. The van der Waals surface area contributed by atoms with Crippen molar-refractivity contribution in [1.82, 2.24) is 19.9 Å². The number of rotatable bonds is 1. The van der Waals surface area contributed by atoms with Gasteiger partial charge >= 0.3 is 0 Å². The average molecular weight is 454 g/mol. The lowest BCUT2D eigenvalue weighted by molar-refractivity contribution is 0.0992. The third kappa shape index (κ3) is 3.10. The number of hydrogen-bond acceptors (Lipinski definition) is 4. The van der Waals surface area contributed by atoms with Gasteiger partial charge in [0, 0.05) is 75.0 Å². The highest BCUT2D eigenvalue weighted by molar-refractivity contribution is 6.11. The zero-order valence-corrected chi connectivity index (χ0v) is 19.8. The second-order valence-electron chi connectivity index (χ2n) is 11.0. The molecule has 0 fully saturated rings. The number of nitrogens with two attached hydrogens (primary N) is 1. The minimum absolute atomic E-state index is 0.119. The first-order chi connectivity index (χ1) is 16.0. The first-order valence-electron chi connectivity index (χ1n) is 11.6. The van der Waals surface area contributed by atoms with Crippen LogP contribution in [0.25, 0.3) is 22.1 Å². The van der Waals surface area contributed by atoms with Gasteiger partial charge < -0.3 is 15.7 Å². The van der Waals surface area contributed by atoms with Gasteiger partial charge in [-0.2, -0.15) is 0 Å². The minimum Gasteiger partial charge on any atom is -0.366 e. The van der Waals surface area contributed by atoms with Gasteiger partial charge in [0.25, 0.3) is 5.91 Å². The van der Waals surface area contributed by atoms with Gasteiger partial charge in [-0.05, 0) is 30.3 Å². The van der Waals surface area contributed by atoms with E-state index in [1.165, 1.54) is 0 Å². The van der Waals surface area contributed by atoms with Crippen LogP contribution in [0.5, 0.6) is 0 Å². The molecule has 3 aromatic rings. The standard InChI is InChI=1S/C27H27N5O2/c1-26(2)11-15-7-19-17(25(28)34)5-13(29-19)8-23-27(3,4)12-20(32-23)16-10-21(33)18-6-14(31-24(16)18)9-22(26)30-15/h5-9,29,31H,10-12H2,1-4H3,(H2,28,34). The number of carbonyl (C=O) groups is 2. The number of primary amides is 1. The minimum atomic E-state index is -0.486. The number of Topliss-reactive ketones (excluding diaryl/α,β-unsaturated/α-hetero) is 1. The molecule has 0 saturated carbocycles. The number of nitrogens with one attached hydrogen (secondary N) is 2. The maximum absolute atomic E-state index is 12.9. The molecule has 0 atom stereocenters. The van der Waals surface area contributed by atoms with Gasteiger partial charge in [-0.1, -0.05) is 27.7 Å². The van der Waals surface area contributed by atoms with Crippen LogP contribution in [-0.2, 0) is 30.1 Å². The van der Waals surface area contributed by atoms with Crippen molar-refractivity contribution in [3.05, 3.63) is 69.8 Å². The van der Waals surface area contributed by atoms with Gasteiger partial charge in [-0.25, -0.2) is 0 Å². The van der Waals surface area contributed by atoms with E-state index in [9.17, 15) is 9.59 Å². The lowest BCUT2D eigenvalue weighted by atomic mass is 9.86. The number of carbonyl (C=O) groups excluding carboxylic acids is 2. The summed E-state index contributed by atoms with van der Waals surface area (Å²) >= 11 is 0. The van der Waals surface area contributed by atoms with E-state index in [0.717, 1.165) is 63.3 Å². The van der Waals surface area contributed by atoms with E-state index in [0.29, 0.717) is 17.5 Å². The zero-order chi connectivity index (χ0) is 24.0. The fraction of sp³-hybridized carbons (Fsp3) is 0.333. The normalized spacial score (nSPS) is 17.8. The molecule has 0 radical (unpaired) electrons. The predicted octanol–water partition coefficient (Wildman–Crippen LogP) is 4.19. The van der Waals surface area contributed by atoms with Gasteiger partial charge in [-0.15, -0.1) is 0 Å². The van der Waals surface area contributed by atoms with Crippen LogP contribution in [0.1, 0.15) is 76.8 Å². The molecular formula is C27H27N5O2. The summed E-state index contributed by atoms with van der Waals surface area (Å²) in [5, 5.41) is 0. The van der Waals surface area contributed by atoms with Gasteiger partial charge in [0.05, 0.1) is 16.6 Å². The van der Waals surface area contributed by atoms with E-state index in [1.807, 2.05) is 24.3 Å². The Balaban J connectivity index is 1.77. The number of hydrogen-bond donors (Lipinski definition) is 3. The van der Waals surface area contributed by atoms with Crippen molar-refractivity contribution in [2.45, 2.75) is 57.8 Å². The van der Waals surface area contributed by atoms with Crippen molar-refractivity contribution in [2.24, 2.45) is 5.73 Å². The Morgan fingerprint density at radius 1 is 0.912 bits per heavy atom. The number of aromatic amines is 2. The Labute approximate surface area is 196 Å². The Bertz CT molecular complexity index is 1590. The fourth-order valence-corrected chi connectivity index (χ4v) is 5.40. The molecular weight excluding hydrogens is 426 g/mol. The van der Waals surface area contributed by atoms with Crippen molar-refractivity contribution < 1.29 is 9.59 Å². The van der Waals surface area contributed by atoms with Crippen molar-refractivity contribution in [1.29, 1.82) is 0 Å². The average Bonchev–Trinajstić information content (AvgIpc) is 3.49. The number of fused-ring (bicyclic) bond motifs is 8. The van der Waals surface area contributed by atoms with Crippen LogP contribution in [0.3, 0.4) is 0 Å². The molecule has 34 heavy (non-hydrogen) atoms. The molecule has 4 N–H and O–H groups in total. The monoisotopic (exact) mass is 453 g/mol. The summed E-state index contributed by atoms with van der Waals surface area (Å²) in [6.07, 6.45) is 1.82. The number of aromatic nitrogens is 4. The third-order valence-corrected chi connectivity index (χ3v) is 7.29. The molecule has 0 spiro atoms. The summed E-state index contributed by atoms with van der Waals surface area (Å²) in [5.41, 5.74) is 14.2. The lowest BCUT2D eigenvalue weighted by Crippen LogP contribution is -2.15. The summed E-state index contributed by atoms with van der Waals surface area (Å²) < 4.78 is 0. The van der Waals surface area contributed by atoms with E-state index in [1.54, 1.807) is 6.07 Å². The maximum atomic E-state index is 12.9. The lowest BCUT2D eigenvalue weighted by Gasteiger charge is -2.16. The fourth-order valence-electron chi connectivity index (χ4n) is 5.40. The smallest absolute Gasteiger partial charge is 0.250 e. The summed E-state index contributed by atoms with van der Waals surface area (Å²) in [6.45, 7) is 8.58. The van der Waals surface area contributed by atoms with Gasteiger partial charge in [0.2, 0.25) is 0 Å². The molecule has 0 saturated heterocycles. The summed E-state index contributed by atoms with van der Waals surface area (Å²) in [6, 6.07) is 9.63. The predicted molar refractivity (Wildman–Crippen MR) is 131 cm³/mol. The number of ketones is 1. The molecule has 7 nitrogen and oxygen atoms in total. The quantitative estimate of drug-likeness (QED) is 0.512. The molecule has 3 aromatic heterocycles. The second kappa shape index (κ2) is 6.65. The molecule has 8 bridgehead atoms. The van der Waals surface area contributed by atoms with Crippen molar-refractivity contribution in [3.8, 4) is 0 Å². The molecule has 1 amide bonds. The number of H-pyrrole nitrogens is 2. The Morgan fingerprint density at radius 2 is 1.59 bits per heavy atom. The third-order valence-electron chi connectivity index (χ3n) is 7.29. The van der Waals surface area contributed by atoms with Crippen LogP contribution < -0.4 is 5.73 Å². The molecule has 172 valence electrons. The molecule has 3 aliphatic rings. The van der Waals surface area contributed by atoms with Gasteiger partial charge in [0.15, 0.2) is 5.78 Å². The molecule has 0 unspecified atom stereocenters. The van der Waals surface area contributed by atoms with Crippen LogP contribution >= 0.6 is 0 Å². The van der Waals surface area contributed by atoms with E-state index >= 15 is 0 Å². The van der Waals surface area contributed by atoms with Crippen LogP contribution in [-0.4, -0.2) is 31.6 Å². The van der Waals surface area contributed by atoms with Crippen LogP contribution in [0, 0.1) is 0 Å². The van der Waals surface area contributed by atoms with E-state index in [4.69, 9.17) is 15.7 Å². The van der Waals surface area contributed by atoms with Crippen molar-refractivity contribution in [2.75, 3.05) is 0 Å². The van der Waals surface area contributed by atoms with E-state index in [-0.39, 0.29) is 16.6 Å². The summed E-state index contributed by atoms with van der Waals surface area (Å²) in [5.74, 6) is -0.368. The maximum Gasteiger partial charge on any atom is 0.250 e. The molecule has 6 rings (SSSR count). The number of nitrogens with zero attached hydrogens (tertiary/aromatic N) is 2. The van der Waals surface area contributed by atoms with Crippen LogP contribution in [0.15, 0.2) is 30.3 Å². The summed E-state index contributed by atoms with van der Waals surface area (Å²) in [4.78, 5) is 41.8. The topological polar surface area (TPSA) is 118 Å². The molecule has 7 heteroatoms. The van der Waals surface area contributed by atoms with Crippen molar-refractivity contribution in [3.63, 3.8) is 0 Å². The summed E-state index contributed by atoms with van der Waals surface area (Å²) in [7, 11) is 0. The molecule has 5 heterocycles.